The van der Waals surface area contributed by atoms with E-state index in [0.29, 0.717) is 29.7 Å². The van der Waals surface area contributed by atoms with Crippen LogP contribution in [0.4, 0.5) is 5.95 Å². The summed E-state index contributed by atoms with van der Waals surface area (Å²) in [6.07, 6.45) is 4.28. The van der Waals surface area contributed by atoms with Crippen LogP contribution in [0.15, 0.2) is 29.1 Å². The van der Waals surface area contributed by atoms with Gasteiger partial charge in [0.15, 0.2) is 0 Å². The number of nitrogens with zero attached hydrogens (tertiary/aromatic N) is 1. The van der Waals surface area contributed by atoms with E-state index in [2.05, 4.69) is 15.3 Å². The Hall–Kier alpha value is -1.89. The highest BCUT2D eigenvalue weighted by atomic mass is 32.2. The lowest BCUT2D eigenvalue weighted by atomic mass is 9.95. The second-order valence-electron chi connectivity index (χ2n) is 5.89. The molecule has 1 aromatic carbocycles. The number of para-hydroxylation sites is 1. The Bertz CT molecular complexity index is 844. The molecule has 2 N–H and O–H groups in total. The molecule has 0 amide bonds. The van der Waals surface area contributed by atoms with Gasteiger partial charge in [-0.25, -0.2) is 13.4 Å². The van der Waals surface area contributed by atoms with Crippen molar-refractivity contribution in [3.63, 3.8) is 0 Å². The third kappa shape index (κ3) is 3.14. The fourth-order valence-corrected chi connectivity index (χ4v) is 4.19. The minimum absolute atomic E-state index is 0.0118. The number of hydrogen-bond acceptors (Lipinski definition) is 5. The highest BCUT2D eigenvalue weighted by Gasteiger charge is 2.29. The van der Waals surface area contributed by atoms with E-state index in [1.807, 2.05) is 6.07 Å². The van der Waals surface area contributed by atoms with Crippen LogP contribution in [0.1, 0.15) is 25.7 Å². The van der Waals surface area contributed by atoms with Crippen molar-refractivity contribution in [2.24, 2.45) is 0 Å². The van der Waals surface area contributed by atoms with Gasteiger partial charge < -0.3 is 5.32 Å². The molecule has 1 aliphatic carbocycles. The van der Waals surface area contributed by atoms with Gasteiger partial charge in [-0.2, -0.15) is 0 Å². The number of H-pyrrole nitrogens is 1. The largest absolute Gasteiger partial charge is 0.353 e. The molecule has 3 rings (SSSR count). The molecule has 1 saturated carbocycles. The third-order valence-corrected chi connectivity index (χ3v) is 5.82. The minimum atomic E-state index is -3.03. The summed E-state index contributed by atoms with van der Waals surface area (Å²) in [5, 5.41) is 3.42. The number of aromatic nitrogens is 2. The van der Waals surface area contributed by atoms with Crippen LogP contribution in [0.25, 0.3) is 10.9 Å². The zero-order valence-corrected chi connectivity index (χ0v) is 13.2. The molecule has 0 spiro atoms. The van der Waals surface area contributed by atoms with E-state index < -0.39 is 9.84 Å². The van der Waals surface area contributed by atoms with Crippen LogP contribution in [0.2, 0.25) is 0 Å². The van der Waals surface area contributed by atoms with Gasteiger partial charge in [-0.1, -0.05) is 18.6 Å². The first kappa shape index (κ1) is 15.0. The molecular weight excluding hydrogens is 302 g/mol. The van der Waals surface area contributed by atoms with E-state index in [0.717, 1.165) is 12.8 Å². The van der Waals surface area contributed by atoms with Crippen molar-refractivity contribution >= 4 is 26.7 Å². The van der Waals surface area contributed by atoms with Crippen molar-refractivity contribution < 1.29 is 8.42 Å². The van der Waals surface area contributed by atoms with Crippen LogP contribution in [-0.2, 0) is 9.84 Å². The summed E-state index contributed by atoms with van der Waals surface area (Å²) in [4.78, 5) is 19.2. The number of nitrogens with one attached hydrogen (secondary N) is 2. The van der Waals surface area contributed by atoms with Gasteiger partial charge in [-0.15, -0.1) is 0 Å². The van der Waals surface area contributed by atoms with Crippen molar-refractivity contribution in [1.29, 1.82) is 0 Å². The summed E-state index contributed by atoms with van der Waals surface area (Å²) in [6.45, 7) is 0. The molecule has 2 aromatic rings. The predicted octanol–water partition coefficient (Wildman–Crippen LogP) is 1.69. The molecule has 2 atom stereocenters. The Morgan fingerprint density at radius 2 is 2.05 bits per heavy atom. The number of benzene rings is 1. The van der Waals surface area contributed by atoms with Crippen LogP contribution in [0.3, 0.4) is 0 Å². The van der Waals surface area contributed by atoms with Gasteiger partial charge >= 0.3 is 0 Å². The monoisotopic (exact) mass is 321 g/mol. The van der Waals surface area contributed by atoms with Gasteiger partial charge in [0.2, 0.25) is 5.95 Å². The third-order valence-electron chi connectivity index (χ3n) is 4.19. The summed E-state index contributed by atoms with van der Waals surface area (Å²) in [5.74, 6) is 0.405. The molecule has 1 aromatic heterocycles. The molecule has 1 heterocycles. The Morgan fingerprint density at radius 3 is 2.82 bits per heavy atom. The van der Waals surface area contributed by atoms with E-state index in [1.54, 1.807) is 18.2 Å². The first-order valence-electron chi connectivity index (χ1n) is 7.38. The molecule has 1 fully saturated rings. The smallest absolute Gasteiger partial charge is 0.260 e. The number of sulfone groups is 1. The minimum Gasteiger partial charge on any atom is -0.353 e. The highest BCUT2D eigenvalue weighted by molar-refractivity contribution is 7.91. The summed E-state index contributed by atoms with van der Waals surface area (Å²) >= 11 is 0. The maximum Gasteiger partial charge on any atom is 0.260 e. The van der Waals surface area contributed by atoms with Crippen molar-refractivity contribution in [3.8, 4) is 0 Å². The zero-order valence-electron chi connectivity index (χ0n) is 12.4. The lowest BCUT2D eigenvalue weighted by Crippen LogP contribution is -2.35. The van der Waals surface area contributed by atoms with Crippen LogP contribution < -0.4 is 10.9 Å². The zero-order chi connectivity index (χ0) is 15.7. The average molecular weight is 321 g/mol. The maximum absolute atomic E-state index is 12.0. The Morgan fingerprint density at radius 1 is 1.27 bits per heavy atom. The summed E-state index contributed by atoms with van der Waals surface area (Å²) in [5.41, 5.74) is 0.438. The van der Waals surface area contributed by atoms with Gasteiger partial charge in [-0.05, 0) is 31.4 Å². The highest BCUT2D eigenvalue weighted by Crippen LogP contribution is 2.25. The standard InChI is InChI=1S/C15H19N3O3S/c1-22(20,21)11-6-4-5-10(9-11)16-15-17-13-8-3-2-7-12(13)14(19)18-15/h2-3,7-8,10-11H,4-6,9H2,1H3,(H2,16,17,18,19). The number of hydrogen-bond donors (Lipinski definition) is 2. The van der Waals surface area contributed by atoms with Crippen LogP contribution in [0.5, 0.6) is 0 Å². The molecular formula is C15H19N3O3S. The molecule has 1 aliphatic rings. The van der Waals surface area contributed by atoms with Gasteiger partial charge in [-0.3, -0.25) is 9.78 Å². The SMILES string of the molecule is CS(=O)(=O)C1CCCC(Nc2nc3ccccc3c(=O)[nH]2)C1. The lowest BCUT2D eigenvalue weighted by molar-refractivity contribution is 0.451. The average Bonchev–Trinajstić information content (AvgIpc) is 2.47. The molecule has 0 bridgehead atoms. The van der Waals surface area contributed by atoms with E-state index in [4.69, 9.17) is 0 Å². The van der Waals surface area contributed by atoms with E-state index in [1.165, 1.54) is 6.26 Å². The lowest BCUT2D eigenvalue weighted by Gasteiger charge is -2.28. The van der Waals surface area contributed by atoms with Gasteiger partial charge in [0, 0.05) is 12.3 Å². The normalized spacial score (nSPS) is 22.6. The Balaban J connectivity index is 1.82. The van der Waals surface area contributed by atoms with E-state index in [9.17, 15) is 13.2 Å². The second-order valence-corrected chi connectivity index (χ2v) is 8.22. The van der Waals surface area contributed by atoms with E-state index in [-0.39, 0.29) is 16.9 Å². The quantitative estimate of drug-likeness (QED) is 0.897. The number of rotatable bonds is 3. The van der Waals surface area contributed by atoms with Crippen LogP contribution >= 0.6 is 0 Å². The molecule has 0 aliphatic heterocycles. The molecule has 0 saturated heterocycles. The summed E-state index contributed by atoms with van der Waals surface area (Å²) in [7, 11) is -3.03. The summed E-state index contributed by atoms with van der Waals surface area (Å²) in [6, 6.07) is 7.15. The van der Waals surface area contributed by atoms with E-state index >= 15 is 0 Å². The molecule has 7 heteroatoms. The Kier molecular flexibility index (Phi) is 3.90. The van der Waals surface area contributed by atoms with Crippen molar-refractivity contribution in [3.05, 3.63) is 34.6 Å². The first-order chi connectivity index (χ1) is 10.4. The topological polar surface area (TPSA) is 91.9 Å². The van der Waals surface area contributed by atoms with Gasteiger partial charge in [0.1, 0.15) is 9.84 Å². The molecule has 0 radical (unpaired) electrons. The number of fused-ring (bicyclic) bond motifs is 1. The van der Waals surface area contributed by atoms with Gasteiger partial charge in [0.05, 0.1) is 16.2 Å². The van der Waals surface area contributed by atoms with Crippen molar-refractivity contribution in [2.45, 2.75) is 37.0 Å². The van der Waals surface area contributed by atoms with Crippen LogP contribution in [-0.4, -0.2) is 35.9 Å². The second kappa shape index (κ2) is 5.72. The molecule has 22 heavy (non-hydrogen) atoms. The molecule has 6 nitrogen and oxygen atoms in total. The summed E-state index contributed by atoms with van der Waals surface area (Å²) < 4.78 is 23.4. The number of anilines is 1. The predicted molar refractivity (Wildman–Crippen MR) is 86.9 cm³/mol. The Labute approximate surface area is 128 Å². The van der Waals surface area contributed by atoms with Gasteiger partial charge in [0.25, 0.3) is 5.56 Å². The fourth-order valence-electron chi connectivity index (χ4n) is 3.01. The maximum atomic E-state index is 12.0. The van der Waals surface area contributed by atoms with Crippen molar-refractivity contribution in [1.82, 2.24) is 9.97 Å². The molecule has 118 valence electrons. The number of aromatic amines is 1. The van der Waals surface area contributed by atoms with Crippen molar-refractivity contribution in [2.75, 3.05) is 11.6 Å². The van der Waals surface area contributed by atoms with Crippen LogP contribution in [0, 0.1) is 0 Å². The molecule has 2 unspecified atom stereocenters. The fraction of sp³-hybridized carbons (Fsp3) is 0.467. The first-order valence-corrected chi connectivity index (χ1v) is 9.33.